The van der Waals surface area contributed by atoms with E-state index >= 15 is 0 Å². The third-order valence-electron chi connectivity index (χ3n) is 4.68. The number of fused-ring (bicyclic) bond motifs is 1. The summed E-state index contributed by atoms with van der Waals surface area (Å²) in [6.07, 6.45) is 7.33. The number of nitrogens with two attached hydrogens (primary N) is 1. The number of rotatable bonds is 1. The van der Waals surface area contributed by atoms with Crippen LogP contribution in [0.4, 0.5) is 5.69 Å². The summed E-state index contributed by atoms with van der Waals surface area (Å²) >= 11 is 0. The second-order valence-electron chi connectivity index (χ2n) is 5.92. The summed E-state index contributed by atoms with van der Waals surface area (Å²) in [5, 5.41) is 2.98. The van der Waals surface area contributed by atoms with Gasteiger partial charge in [-0.1, -0.05) is 37.5 Å². The third-order valence-corrected chi connectivity index (χ3v) is 4.68. The molecule has 3 heteroatoms. The minimum Gasteiger partial charge on any atom is -0.324 e. The summed E-state index contributed by atoms with van der Waals surface area (Å²) in [5.74, 6) is 1.09. The molecule has 0 radical (unpaired) electrons. The van der Waals surface area contributed by atoms with E-state index in [-0.39, 0.29) is 11.9 Å². The Labute approximate surface area is 114 Å². The van der Waals surface area contributed by atoms with E-state index < -0.39 is 0 Å². The molecule has 0 spiro atoms. The van der Waals surface area contributed by atoms with Crippen molar-refractivity contribution in [1.82, 2.24) is 0 Å². The Morgan fingerprint density at radius 2 is 1.84 bits per heavy atom. The van der Waals surface area contributed by atoms with Gasteiger partial charge in [-0.2, -0.15) is 0 Å². The van der Waals surface area contributed by atoms with Crippen molar-refractivity contribution in [3.05, 3.63) is 29.8 Å². The fourth-order valence-electron chi connectivity index (χ4n) is 3.65. The van der Waals surface area contributed by atoms with Crippen molar-refractivity contribution in [2.24, 2.45) is 11.7 Å². The van der Waals surface area contributed by atoms with Gasteiger partial charge in [0.05, 0.1) is 6.04 Å². The van der Waals surface area contributed by atoms with Crippen molar-refractivity contribution in [2.75, 3.05) is 5.32 Å². The number of carbonyl (C=O) groups is 1. The molecule has 0 bridgehead atoms. The van der Waals surface area contributed by atoms with Gasteiger partial charge in [0.2, 0.25) is 5.91 Å². The fraction of sp³-hybridized carbons (Fsp3) is 0.562. The summed E-state index contributed by atoms with van der Waals surface area (Å²) < 4.78 is 0. The van der Waals surface area contributed by atoms with Gasteiger partial charge in [0.15, 0.2) is 0 Å². The molecule has 2 atom stereocenters. The fourth-order valence-corrected chi connectivity index (χ4v) is 3.65. The maximum absolute atomic E-state index is 12.0. The molecule has 1 aromatic rings. The van der Waals surface area contributed by atoms with Crippen LogP contribution < -0.4 is 11.1 Å². The van der Waals surface area contributed by atoms with Crippen LogP contribution in [0.15, 0.2) is 24.3 Å². The number of anilines is 1. The molecule has 1 amide bonds. The van der Waals surface area contributed by atoms with Gasteiger partial charge in [-0.15, -0.1) is 0 Å². The van der Waals surface area contributed by atoms with Gasteiger partial charge in [0, 0.05) is 5.69 Å². The van der Waals surface area contributed by atoms with Gasteiger partial charge in [-0.05, 0) is 42.7 Å². The molecule has 0 saturated heterocycles. The molecule has 3 N–H and O–H groups in total. The van der Waals surface area contributed by atoms with Crippen LogP contribution in [0.3, 0.4) is 0 Å². The van der Waals surface area contributed by atoms with Crippen LogP contribution in [0.25, 0.3) is 0 Å². The Morgan fingerprint density at radius 1 is 1.11 bits per heavy atom. The molecule has 19 heavy (non-hydrogen) atoms. The summed E-state index contributed by atoms with van der Waals surface area (Å²) in [5.41, 5.74) is 8.30. The maximum atomic E-state index is 12.0. The second kappa shape index (κ2) is 5.33. The predicted octanol–water partition coefficient (Wildman–Crippen LogP) is 3.02. The number of nitrogens with one attached hydrogen (secondary N) is 1. The zero-order valence-electron chi connectivity index (χ0n) is 11.3. The van der Waals surface area contributed by atoms with Crippen LogP contribution in [0.2, 0.25) is 0 Å². The Kier molecular flexibility index (Phi) is 3.56. The van der Waals surface area contributed by atoms with Crippen LogP contribution in [0.5, 0.6) is 0 Å². The van der Waals surface area contributed by atoms with Crippen molar-refractivity contribution >= 4 is 11.6 Å². The molecule has 2 aliphatic rings. The lowest BCUT2D eigenvalue weighted by Gasteiger charge is -2.31. The SMILES string of the molecule is N[C@H]1C[C@@H](C2CCCCC2)c2ccccc2NC1=O. The molecule has 0 unspecified atom stereocenters. The Balaban J connectivity index is 1.95. The standard InChI is InChI=1S/C16H22N2O/c17-14-10-13(11-6-2-1-3-7-11)12-8-4-5-9-15(12)18-16(14)19/h4-5,8-9,11,13-14H,1-3,6-7,10,17H2,(H,18,19)/t13-,14-/m0/s1. The van der Waals surface area contributed by atoms with Crippen molar-refractivity contribution in [3.63, 3.8) is 0 Å². The van der Waals surface area contributed by atoms with Crippen LogP contribution in [0, 0.1) is 5.92 Å². The van der Waals surface area contributed by atoms with Gasteiger partial charge in [-0.3, -0.25) is 4.79 Å². The molecular weight excluding hydrogens is 236 g/mol. The summed E-state index contributed by atoms with van der Waals surface area (Å²) in [7, 11) is 0. The largest absolute Gasteiger partial charge is 0.324 e. The zero-order chi connectivity index (χ0) is 13.2. The van der Waals surface area contributed by atoms with Gasteiger partial charge in [0.25, 0.3) is 0 Å². The first-order valence-corrected chi connectivity index (χ1v) is 7.41. The van der Waals surface area contributed by atoms with Crippen LogP contribution in [-0.4, -0.2) is 11.9 Å². The smallest absolute Gasteiger partial charge is 0.241 e. The average Bonchev–Trinajstić information content (AvgIpc) is 2.58. The molecule has 1 saturated carbocycles. The first-order valence-electron chi connectivity index (χ1n) is 7.41. The number of carbonyl (C=O) groups excluding carboxylic acids is 1. The van der Waals surface area contributed by atoms with Crippen molar-refractivity contribution in [1.29, 1.82) is 0 Å². The molecule has 1 aromatic carbocycles. The van der Waals surface area contributed by atoms with Crippen molar-refractivity contribution in [3.8, 4) is 0 Å². The summed E-state index contributed by atoms with van der Waals surface area (Å²) in [4.78, 5) is 12.0. The van der Waals surface area contributed by atoms with E-state index in [0.717, 1.165) is 12.1 Å². The van der Waals surface area contributed by atoms with E-state index in [1.807, 2.05) is 12.1 Å². The molecule has 0 aromatic heterocycles. The topological polar surface area (TPSA) is 55.1 Å². The number of hydrogen-bond donors (Lipinski definition) is 2. The number of hydrogen-bond acceptors (Lipinski definition) is 2. The lowest BCUT2D eigenvalue weighted by atomic mass is 9.74. The maximum Gasteiger partial charge on any atom is 0.241 e. The summed E-state index contributed by atoms with van der Waals surface area (Å²) in [6.45, 7) is 0. The molecule has 102 valence electrons. The Hall–Kier alpha value is -1.35. The van der Waals surface area contributed by atoms with Crippen LogP contribution >= 0.6 is 0 Å². The Morgan fingerprint density at radius 3 is 2.63 bits per heavy atom. The molecular formula is C16H22N2O. The van der Waals surface area contributed by atoms with Crippen LogP contribution in [-0.2, 0) is 4.79 Å². The predicted molar refractivity (Wildman–Crippen MR) is 77.0 cm³/mol. The minimum absolute atomic E-state index is 0.0363. The monoisotopic (exact) mass is 258 g/mol. The highest BCUT2D eigenvalue weighted by atomic mass is 16.2. The van der Waals surface area contributed by atoms with Gasteiger partial charge >= 0.3 is 0 Å². The highest BCUT2D eigenvalue weighted by Gasteiger charge is 2.32. The molecule has 3 nitrogen and oxygen atoms in total. The molecule has 1 aliphatic carbocycles. The minimum atomic E-state index is -0.376. The molecule has 1 fully saturated rings. The van der Waals surface area contributed by atoms with E-state index in [1.165, 1.54) is 37.7 Å². The van der Waals surface area contributed by atoms with E-state index in [2.05, 4.69) is 17.4 Å². The van der Waals surface area contributed by atoms with Gasteiger partial charge in [0.1, 0.15) is 0 Å². The van der Waals surface area contributed by atoms with E-state index in [0.29, 0.717) is 11.8 Å². The number of para-hydroxylation sites is 1. The van der Waals surface area contributed by atoms with Gasteiger partial charge in [-0.25, -0.2) is 0 Å². The third kappa shape index (κ3) is 2.52. The second-order valence-corrected chi connectivity index (χ2v) is 5.92. The first kappa shape index (κ1) is 12.7. The van der Waals surface area contributed by atoms with Crippen molar-refractivity contribution < 1.29 is 4.79 Å². The van der Waals surface area contributed by atoms with E-state index in [1.54, 1.807) is 0 Å². The average molecular weight is 258 g/mol. The van der Waals surface area contributed by atoms with Crippen molar-refractivity contribution in [2.45, 2.75) is 50.5 Å². The van der Waals surface area contributed by atoms with E-state index in [9.17, 15) is 4.79 Å². The molecule has 1 heterocycles. The highest BCUT2D eigenvalue weighted by Crippen LogP contribution is 2.42. The number of benzene rings is 1. The Bertz CT molecular complexity index is 466. The lowest BCUT2D eigenvalue weighted by Crippen LogP contribution is -2.35. The quantitative estimate of drug-likeness (QED) is 0.813. The number of amides is 1. The summed E-state index contributed by atoms with van der Waals surface area (Å²) in [6, 6.07) is 7.83. The van der Waals surface area contributed by atoms with Crippen LogP contribution in [0.1, 0.15) is 50.0 Å². The first-order chi connectivity index (χ1) is 9.25. The molecule has 3 rings (SSSR count). The van der Waals surface area contributed by atoms with Gasteiger partial charge < -0.3 is 11.1 Å². The normalized spacial score (nSPS) is 28.4. The van der Waals surface area contributed by atoms with E-state index in [4.69, 9.17) is 5.73 Å². The lowest BCUT2D eigenvalue weighted by molar-refractivity contribution is -0.117. The highest BCUT2D eigenvalue weighted by molar-refractivity contribution is 5.96. The zero-order valence-corrected chi connectivity index (χ0v) is 11.3. The molecule has 1 aliphatic heterocycles.